The Hall–Kier alpha value is -0.0700. The smallest absolute Gasteiger partial charge is 0.220 e. The van der Waals surface area contributed by atoms with Gasteiger partial charge in [-0.3, -0.25) is 4.79 Å². The fourth-order valence-corrected chi connectivity index (χ4v) is 3.97. The highest BCUT2D eigenvalue weighted by atomic mass is 35.5. The first kappa shape index (κ1) is 25.9. The molecule has 0 saturated carbocycles. The van der Waals surface area contributed by atoms with Gasteiger partial charge in [0.05, 0.1) is 0 Å². The standard InChI is InChI=1S/C19H37N3O2.2ClH/c1-3-24-14-4-12-22-13-9-18(16(2)15-22)21-19(23)6-5-17-7-10-20-11-8-17;;/h16-18,20H,3-15H2,1-2H3,(H,21,23);2*1H. The van der Waals surface area contributed by atoms with Crippen LogP contribution in [-0.2, 0) is 9.53 Å². The molecule has 26 heavy (non-hydrogen) atoms. The van der Waals surface area contributed by atoms with E-state index in [1.165, 1.54) is 12.8 Å². The second-order valence-electron chi connectivity index (χ2n) is 7.52. The van der Waals surface area contributed by atoms with E-state index in [-0.39, 0.29) is 30.7 Å². The van der Waals surface area contributed by atoms with Crippen molar-refractivity contribution in [3.8, 4) is 0 Å². The van der Waals surface area contributed by atoms with Gasteiger partial charge in [-0.2, -0.15) is 0 Å². The van der Waals surface area contributed by atoms with Gasteiger partial charge in [-0.1, -0.05) is 6.92 Å². The molecule has 0 radical (unpaired) electrons. The van der Waals surface area contributed by atoms with Gasteiger partial charge >= 0.3 is 0 Å². The summed E-state index contributed by atoms with van der Waals surface area (Å²) in [6.45, 7) is 11.5. The summed E-state index contributed by atoms with van der Waals surface area (Å²) in [4.78, 5) is 14.8. The number of ether oxygens (including phenoxy) is 1. The van der Waals surface area contributed by atoms with E-state index in [4.69, 9.17) is 4.74 Å². The number of piperidine rings is 2. The minimum Gasteiger partial charge on any atom is -0.382 e. The van der Waals surface area contributed by atoms with Crippen molar-refractivity contribution in [3.05, 3.63) is 0 Å². The molecular formula is C19H39Cl2N3O2. The van der Waals surface area contributed by atoms with Crippen molar-refractivity contribution >= 4 is 30.7 Å². The average Bonchev–Trinajstić information content (AvgIpc) is 2.60. The minimum atomic E-state index is 0. The van der Waals surface area contributed by atoms with Gasteiger partial charge in [0.2, 0.25) is 5.91 Å². The van der Waals surface area contributed by atoms with Crippen molar-refractivity contribution < 1.29 is 9.53 Å². The quantitative estimate of drug-likeness (QED) is 0.572. The Balaban J connectivity index is 0.00000312. The zero-order valence-electron chi connectivity index (χ0n) is 16.5. The van der Waals surface area contributed by atoms with Crippen molar-refractivity contribution in [1.29, 1.82) is 0 Å². The van der Waals surface area contributed by atoms with Crippen molar-refractivity contribution in [2.24, 2.45) is 11.8 Å². The topological polar surface area (TPSA) is 53.6 Å². The van der Waals surface area contributed by atoms with Crippen LogP contribution in [0.4, 0.5) is 0 Å². The molecule has 0 spiro atoms. The molecular weight excluding hydrogens is 373 g/mol. The SMILES string of the molecule is CCOCCCN1CCC(NC(=O)CCC2CCNCC2)C(C)C1.Cl.Cl. The lowest BCUT2D eigenvalue weighted by Gasteiger charge is -2.37. The first-order valence-electron chi connectivity index (χ1n) is 9.99. The number of amides is 1. The molecule has 0 aromatic carbocycles. The molecule has 2 aliphatic rings. The zero-order chi connectivity index (χ0) is 17.2. The number of carbonyl (C=O) groups is 1. The molecule has 2 N–H and O–H groups in total. The highest BCUT2D eigenvalue weighted by molar-refractivity contribution is 5.85. The Morgan fingerprint density at radius 1 is 1.23 bits per heavy atom. The molecule has 2 heterocycles. The number of carbonyl (C=O) groups excluding carboxylic acids is 1. The van der Waals surface area contributed by atoms with Gasteiger partial charge in [-0.05, 0) is 64.0 Å². The van der Waals surface area contributed by atoms with Crippen LogP contribution in [0.25, 0.3) is 0 Å². The van der Waals surface area contributed by atoms with Crippen molar-refractivity contribution in [1.82, 2.24) is 15.5 Å². The summed E-state index contributed by atoms with van der Waals surface area (Å²) in [5.74, 6) is 1.53. The third-order valence-electron chi connectivity index (χ3n) is 5.54. The molecule has 1 amide bonds. The molecule has 2 rings (SSSR count). The van der Waals surface area contributed by atoms with Crippen LogP contribution in [0.5, 0.6) is 0 Å². The van der Waals surface area contributed by atoms with E-state index in [0.717, 1.165) is 71.1 Å². The molecule has 2 unspecified atom stereocenters. The summed E-state index contributed by atoms with van der Waals surface area (Å²) in [6.07, 6.45) is 6.39. The summed E-state index contributed by atoms with van der Waals surface area (Å²) in [7, 11) is 0. The summed E-state index contributed by atoms with van der Waals surface area (Å²) in [5.41, 5.74) is 0. The van der Waals surface area contributed by atoms with E-state index in [1.807, 2.05) is 6.92 Å². The summed E-state index contributed by atoms with van der Waals surface area (Å²) in [5, 5.41) is 6.69. The predicted octanol–water partition coefficient (Wildman–Crippen LogP) is 2.86. The van der Waals surface area contributed by atoms with Crippen LogP contribution in [-0.4, -0.2) is 62.8 Å². The van der Waals surface area contributed by atoms with E-state index < -0.39 is 0 Å². The maximum atomic E-state index is 12.3. The van der Waals surface area contributed by atoms with Crippen LogP contribution in [0.3, 0.4) is 0 Å². The number of halogens is 2. The summed E-state index contributed by atoms with van der Waals surface area (Å²) >= 11 is 0. The van der Waals surface area contributed by atoms with Crippen molar-refractivity contribution in [2.45, 2.75) is 58.4 Å². The molecule has 156 valence electrons. The molecule has 2 atom stereocenters. The third-order valence-corrected chi connectivity index (χ3v) is 5.54. The molecule has 7 heteroatoms. The van der Waals surface area contributed by atoms with Crippen LogP contribution in [0, 0.1) is 11.8 Å². The van der Waals surface area contributed by atoms with Gasteiger partial charge in [-0.15, -0.1) is 24.8 Å². The molecule has 5 nitrogen and oxygen atoms in total. The van der Waals surface area contributed by atoms with Crippen LogP contribution < -0.4 is 10.6 Å². The molecule has 0 aliphatic carbocycles. The maximum Gasteiger partial charge on any atom is 0.220 e. The molecule has 0 aromatic rings. The summed E-state index contributed by atoms with van der Waals surface area (Å²) < 4.78 is 5.41. The fourth-order valence-electron chi connectivity index (χ4n) is 3.97. The second kappa shape index (κ2) is 14.9. The Labute approximate surface area is 172 Å². The zero-order valence-corrected chi connectivity index (χ0v) is 18.1. The van der Waals surface area contributed by atoms with Gasteiger partial charge in [0.1, 0.15) is 0 Å². The number of nitrogens with zero attached hydrogens (tertiary/aromatic N) is 1. The fraction of sp³-hybridized carbons (Fsp3) is 0.947. The molecule has 2 saturated heterocycles. The second-order valence-corrected chi connectivity index (χ2v) is 7.52. The van der Waals surface area contributed by atoms with Gasteiger partial charge < -0.3 is 20.3 Å². The van der Waals surface area contributed by atoms with E-state index in [0.29, 0.717) is 18.4 Å². The number of rotatable bonds is 9. The maximum absolute atomic E-state index is 12.3. The molecule has 2 fully saturated rings. The normalized spacial score (nSPS) is 24.4. The highest BCUT2D eigenvalue weighted by Gasteiger charge is 2.27. The average molecular weight is 412 g/mol. The van der Waals surface area contributed by atoms with E-state index in [2.05, 4.69) is 22.5 Å². The molecule has 0 aromatic heterocycles. The van der Waals surface area contributed by atoms with E-state index in [9.17, 15) is 4.79 Å². The van der Waals surface area contributed by atoms with Crippen LogP contribution in [0.15, 0.2) is 0 Å². The number of nitrogens with one attached hydrogen (secondary N) is 2. The van der Waals surface area contributed by atoms with Gasteiger partial charge in [0.25, 0.3) is 0 Å². The van der Waals surface area contributed by atoms with Crippen LogP contribution in [0.2, 0.25) is 0 Å². The lowest BCUT2D eigenvalue weighted by molar-refractivity contribution is -0.122. The first-order valence-corrected chi connectivity index (χ1v) is 9.99. The van der Waals surface area contributed by atoms with E-state index >= 15 is 0 Å². The monoisotopic (exact) mass is 411 g/mol. The Morgan fingerprint density at radius 2 is 1.96 bits per heavy atom. The largest absolute Gasteiger partial charge is 0.382 e. The Kier molecular flexibility index (Phi) is 14.9. The van der Waals surface area contributed by atoms with Gasteiger partial charge in [0.15, 0.2) is 0 Å². The third kappa shape index (κ3) is 9.75. The van der Waals surface area contributed by atoms with Crippen molar-refractivity contribution in [3.63, 3.8) is 0 Å². The van der Waals surface area contributed by atoms with Crippen LogP contribution >= 0.6 is 24.8 Å². The summed E-state index contributed by atoms with van der Waals surface area (Å²) in [6, 6.07) is 0.355. The van der Waals surface area contributed by atoms with Crippen molar-refractivity contribution in [2.75, 3.05) is 45.9 Å². The molecule has 0 bridgehead atoms. The Bertz CT molecular complexity index is 369. The Morgan fingerprint density at radius 3 is 2.62 bits per heavy atom. The lowest BCUT2D eigenvalue weighted by Crippen LogP contribution is -2.50. The highest BCUT2D eigenvalue weighted by Crippen LogP contribution is 2.19. The first-order chi connectivity index (χ1) is 11.7. The van der Waals surface area contributed by atoms with Crippen LogP contribution in [0.1, 0.15) is 52.4 Å². The minimum absolute atomic E-state index is 0. The lowest BCUT2D eigenvalue weighted by atomic mass is 9.91. The predicted molar refractivity (Wildman–Crippen MR) is 113 cm³/mol. The number of likely N-dealkylation sites (tertiary alicyclic amines) is 1. The molecule has 2 aliphatic heterocycles. The van der Waals surface area contributed by atoms with Gasteiger partial charge in [-0.25, -0.2) is 0 Å². The van der Waals surface area contributed by atoms with E-state index in [1.54, 1.807) is 0 Å². The van der Waals surface area contributed by atoms with Gasteiger partial charge in [0, 0.05) is 45.3 Å². The number of hydrogen-bond donors (Lipinski definition) is 2. The number of hydrogen-bond acceptors (Lipinski definition) is 4.